The molecule has 1 N–H and O–H groups in total. The Labute approximate surface area is 181 Å². The van der Waals surface area contributed by atoms with E-state index in [1.807, 2.05) is 24.4 Å². The normalized spacial score (nSPS) is 17.7. The number of nitrogens with zero attached hydrogens (tertiary/aromatic N) is 1. The van der Waals surface area contributed by atoms with E-state index in [9.17, 15) is 18.0 Å². The highest BCUT2D eigenvalue weighted by atomic mass is 32.2. The molecule has 2 unspecified atom stereocenters. The Hall–Kier alpha value is -2.23. The van der Waals surface area contributed by atoms with Gasteiger partial charge in [-0.1, -0.05) is 13.0 Å². The number of hydrogen-bond acceptors (Lipinski definition) is 6. The van der Waals surface area contributed by atoms with E-state index in [2.05, 4.69) is 4.72 Å². The van der Waals surface area contributed by atoms with Crippen LogP contribution in [0.4, 0.5) is 0 Å². The van der Waals surface area contributed by atoms with Crippen molar-refractivity contribution in [1.29, 1.82) is 0 Å². The Morgan fingerprint density at radius 3 is 2.63 bits per heavy atom. The van der Waals surface area contributed by atoms with Crippen molar-refractivity contribution in [2.75, 3.05) is 13.2 Å². The first kappa shape index (κ1) is 22.5. The monoisotopic (exact) mass is 450 g/mol. The largest absolute Gasteiger partial charge is 0.452 e. The maximum atomic E-state index is 12.6. The summed E-state index contributed by atoms with van der Waals surface area (Å²) in [7, 11) is -3.64. The number of carbonyl (C=O) groups is 2. The Morgan fingerprint density at radius 2 is 2.00 bits per heavy atom. The van der Waals surface area contributed by atoms with Gasteiger partial charge in [0.25, 0.3) is 5.91 Å². The van der Waals surface area contributed by atoms with Crippen molar-refractivity contribution in [3.8, 4) is 0 Å². The first-order chi connectivity index (χ1) is 14.3. The predicted molar refractivity (Wildman–Crippen MR) is 115 cm³/mol. The fourth-order valence-electron chi connectivity index (χ4n) is 3.32. The zero-order valence-corrected chi connectivity index (χ0v) is 18.7. The van der Waals surface area contributed by atoms with Gasteiger partial charge in [-0.3, -0.25) is 4.79 Å². The molecule has 9 heteroatoms. The Kier molecular flexibility index (Phi) is 7.27. The number of rotatable bonds is 8. The van der Waals surface area contributed by atoms with E-state index in [0.29, 0.717) is 13.0 Å². The van der Waals surface area contributed by atoms with Crippen LogP contribution in [0.5, 0.6) is 0 Å². The van der Waals surface area contributed by atoms with Crippen LogP contribution in [0.2, 0.25) is 0 Å². The molecule has 1 saturated heterocycles. The molecule has 1 aliphatic rings. The lowest BCUT2D eigenvalue weighted by molar-refractivity contribution is -0.135. The van der Waals surface area contributed by atoms with E-state index in [1.165, 1.54) is 24.3 Å². The summed E-state index contributed by atoms with van der Waals surface area (Å²) in [5.41, 5.74) is 0.196. The first-order valence-electron chi connectivity index (χ1n) is 9.94. The van der Waals surface area contributed by atoms with Crippen molar-refractivity contribution in [3.63, 3.8) is 0 Å². The highest BCUT2D eigenvalue weighted by Crippen LogP contribution is 2.34. The standard InChI is InChI=1S/C21H26N2O5S2/c1-3-15(2)22-30(26,27)17-10-8-16(9-11-17)21(25)28-14-20(24)23-12-4-6-18(23)19-7-5-13-29-19/h5,7-11,13,15,18,22H,3-4,6,12,14H2,1-2H3. The summed E-state index contributed by atoms with van der Waals surface area (Å²) in [5, 5.41) is 1.98. The van der Waals surface area contributed by atoms with Crippen LogP contribution >= 0.6 is 11.3 Å². The number of thiophene rings is 1. The third kappa shape index (κ3) is 5.27. The summed E-state index contributed by atoms with van der Waals surface area (Å²) < 4.78 is 32.3. The van der Waals surface area contributed by atoms with Crippen LogP contribution in [-0.2, 0) is 19.6 Å². The van der Waals surface area contributed by atoms with E-state index in [4.69, 9.17) is 4.74 Å². The predicted octanol–water partition coefficient (Wildman–Crippen LogP) is 3.35. The van der Waals surface area contributed by atoms with Gasteiger partial charge in [-0.2, -0.15) is 0 Å². The molecule has 0 spiro atoms. The molecule has 30 heavy (non-hydrogen) atoms. The van der Waals surface area contributed by atoms with Crippen LogP contribution in [0.25, 0.3) is 0 Å². The molecule has 2 atom stereocenters. The van der Waals surface area contributed by atoms with Crippen molar-refractivity contribution in [1.82, 2.24) is 9.62 Å². The highest BCUT2D eigenvalue weighted by Gasteiger charge is 2.31. The van der Waals surface area contributed by atoms with Gasteiger partial charge < -0.3 is 9.64 Å². The second kappa shape index (κ2) is 9.72. The number of sulfonamides is 1. The van der Waals surface area contributed by atoms with Gasteiger partial charge in [0.15, 0.2) is 6.61 Å². The fourth-order valence-corrected chi connectivity index (χ4v) is 5.52. The molecule has 1 amide bonds. The zero-order valence-electron chi connectivity index (χ0n) is 17.0. The Morgan fingerprint density at radius 1 is 1.27 bits per heavy atom. The number of esters is 1. The van der Waals surface area contributed by atoms with Gasteiger partial charge in [-0.15, -0.1) is 11.3 Å². The third-order valence-corrected chi connectivity index (χ3v) is 7.72. The minimum Gasteiger partial charge on any atom is -0.452 e. The number of carbonyl (C=O) groups excluding carboxylic acids is 2. The van der Waals surface area contributed by atoms with Gasteiger partial charge in [0.05, 0.1) is 16.5 Å². The molecular formula is C21H26N2O5S2. The number of nitrogens with one attached hydrogen (secondary N) is 1. The number of benzene rings is 1. The smallest absolute Gasteiger partial charge is 0.338 e. The maximum absolute atomic E-state index is 12.6. The SMILES string of the molecule is CCC(C)NS(=O)(=O)c1ccc(C(=O)OCC(=O)N2CCCC2c2cccs2)cc1. The van der Waals surface area contributed by atoms with Crippen molar-refractivity contribution in [3.05, 3.63) is 52.2 Å². The second-order valence-electron chi connectivity index (χ2n) is 7.29. The average molecular weight is 451 g/mol. The van der Waals surface area contributed by atoms with Crippen LogP contribution in [0.15, 0.2) is 46.7 Å². The van der Waals surface area contributed by atoms with Gasteiger partial charge in [0.1, 0.15) is 0 Å². The average Bonchev–Trinajstić information content (AvgIpc) is 3.42. The minimum absolute atomic E-state index is 0.0405. The molecule has 1 fully saturated rings. The minimum atomic E-state index is -3.64. The number of ether oxygens (including phenoxy) is 1. The second-order valence-corrected chi connectivity index (χ2v) is 9.98. The van der Waals surface area contributed by atoms with E-state index in [1.54, 1.807) is 23.2 Å². The molecule has 162 valence electrons. The summed E-state index contributed by atoms with van der Waals surface area (Å²) in [6, 6.07) is 9.33. The topological polar surface area (TPSA) is 92.8 Å². The number of amides is 1. The van der Waals surface area contributed by atoms with Crippen LogP contribution < -0.4 is 4.72 Å². The molecule has 1 aromatic heterocycles. The molecule has 1 aliphatic heterocycles. The van der Waals surface area contributed by atoms with E-state index < -0.39 is 16.0 Å². The lowest BCUT2D eigenvalue weighted by Gasteiger charge is -2.23. The Bertz CT molecular complexity index is 971. The van der Waals surface area contributed by atoms with E-state index >= 15 is 0 Å². The van der Waals surface area contributed by atoms with Crippen molar-refractivity contribution >= 4 is 33.2 Å². The zero-order chi connectivity index (χ0) is 21.7. The summed E-state index contributed by atoms with van der Waals surface area (Å²) >= 11 is 1.61. The molecule has 0 bridgehead atoms. The van der Waals surface area contributed by atoms with Crippen LogP contribution in [0.1, 0.15) is 54.4 Å². The molecule has 1 aromatic carbocycles. The lowest BCUT2D eigenvalue weighted by Crippen LogP contribution is -2.34. The highest BCUT2D eigenvalue weighted by molar-refractivity contribution is 7.89. The molecule has 7 nitrogen and oxygen atoms in total. The lowest BCUT2D eigenvalue weighted by atomic mass is 10.2. The third-order valence-electron chi connectivity index (χ3n) is 5.14. The summed E-state index contributed by atoms with van der Waals surface area (Å²) in [6.45, 7) is 3.98. The molecule has 0 radical (unpaired) electrons. The fraction of sp³-hybridized carbons (Fsp3) is 0.429. The first-order valence-corrected chi connectivity index (χ1v) is 12.3. The van der Waals surface area contributed by atoms with Crippen LogP contribution in [0.3, 0.4) is 0 Å². The molecule has 2 aromatic rings. The molecular weight excluding hydrogens is 424 g/mol. The van der Waals surface area contributed by atoms with Gasteiger partial charge in [-0.25, -0.2) is 17.9 Å². The quantitative estimate of drug-likeness (QED) is 0.623. The van der Waals surface area contributed by atoms with Crippen LogP contribution in [0, 0.1) is 0 Å². The van der Waals surface area contributed by atoms with Gasteiger partial charge in [-0.05, 0) is 61.9 Å². The van der Waals surface area contributed by atoms with E-state index in [-0.39, 0.29) is 35.1 Å². The van der Waals surface area contributed by atoms with Crippen LogP contribution in [-0.4, -0.2) is 44.4 Å². The number of likely N-dealkylation sites (tertiary alicyclic amines) is 1. The number of hydrogen-bond donors (Lipinski definition) is 1. The van der Waals surface area contributed by atoms with E-state index in [0.717, 1.165) is 17.7 Å². The summed E-state index contributed by atoms with van der Waals surface area (Å²) in [6.07, 6.45) is 2.49. The Balaban J connectivity index is 1.58. The summed E-state index contributed by atoms with van der Waals surface area (Å²) in [5.74, 6) is -0.884. The molecule has 3 rings (SSSR count). The molecule has 0 aliphatic carbocycles. The van der Waals surface area contributed by atoms with Crippen molar-refractivity contribution in [2.24, 2.45) is 0 Å². The van der Waals surface area contributed by atoms with Gasteiger partial charge in [0, 0.05) is 17.5 Å². The molecule has 0 saturated carbocycles. The molecule has 2 heterocycles. The van der Waals surface area contributed by atoms with Gasteiger partial charge in [0.2, 0.25) is 10.0 Å². The van der Waals surface area contributed by atoms with Gasteiger partial charge >= 0.3 is 5.97 Å². The van der Waals surface area contributed by atoms with Crippen molar-refractivity contribution < 1.29 is 22.7 Å². The van der Waals surface area contributed by atoms with Crippen molar-refractivity contribution in [2.45, 2.75) is 50.1 Å². The maximum Gasteiger partial charge on any atom is 0.338 e. The summed E-state index contributed by atoms with van der Waals surface area (Å²) in [4.78, 5) is 27.8.